The third-order valence-electron chi connectivity index (χ3n) is 3.81. The van der Waals surface area contributed by atoms with Gasteiger partial charge in [0.25, 0.3) is 11.6 Å². The number of halogens is 1. The molecule has 3 rings (SSSR count). The van der Waals surface area contributed by atoms with Crippen LogP contribution >= 0.6 is 11.6 Å². The number of furan rings is 1. The van der Waals surface area contributed by atoms with Crippen LogP contribution in [0.15, 0.2) is 41.0 Å². The van der Waals surface area contributed by atoms with E-state index >= 15 is 0 Å². The van der Waals surface area contributed by atoms with Crippen LogP contribution in [0, 0.1) is 10.1 Å². The first-order chi connectivity index (χ1) is 10.6. The van der Waals surface area contributed by atoms with Gasteiger partial charge in [-0.2, -0.15) is 0 Å². The molecule has 6 nitrogen and oxygen atoms in total. The van der Waals surface area contributed by atoms with E-state index < -0.39 is 4.92 Å². The van der Waals surface area contributed by atoms with Crippen molar-refractivity contribution in [3.05, 3.63) is 63.1 Å². The molecule has 1 saturated heterocycles. The molecule has 0 aliphatic carbocycles. The van der Waals surface area contributed by atoms with Gasteiger partial charge in [-0.1, -0.05) is 11.6 Å². The van der Waals surface area contributed by atoms with Crippen molar-refractivity contribution in [3.8, 4) is 0 Å². The Labute approximate surface area is 131 Å². The van der Waals surface area contributed by atoms with E-state index in [4.69, 9.17) is 16.0 Å². The van der Waals surface area contributed by atoms with E-state index in [0.29, 0.717) is 13.1 Å². The average Bonchev–Trinajstić information content (AvgIpc) is 3.17. The first-order valence-electron chi connectivity index (χ1n) is 6.83. The maximum Gasteiger partial charge on any atom is 0.270 e. The predicted octanol–water partition coefficient (Wildman–Crippen LogP) is 3.47. The van der Waals surface area contributed by atoms with Crippen molar-refractivity contribution in [2.75, 3.05) is 13.1 Å². The number of hydrogen-bond acceptors (Lipinski definition) is 4. The second-order valence-corrected chi connectivity index (χ2v) is 5.58. The maximum atomic E-state index is 12.5. The third kappa shape index (κ3) is 2.69. The fraction of sp³-hybridized carbons (Fsp3) is 0.267. The second kappa shape index (κ2) is 5.81. The Morgan fingerprint density at radius 2 is 2.23 bits per heavy atom. The zero-order valence-corrected chi connectivity index (χ0v) is 12.3. The lowest BCUT2D eigenvalue weighted by Gasteiger charge is -2.16. The van der Waals surface area contributed by atoms with Gasteiger partial charge in [0.1, 0.15) is 5.76 Å². The lowest BCUT2D eigenvalue weighted by atomic mass is 10.1. The minimum absolute atomic E-state index is 0.144. The van der Waals surface area contributed by atoms with Gasteiger partial charge >= 0.3 is 0 Å². The van der Waals surface area contributed by atoms with Gasteiger partial charge in [0.2, 0.25) is 0 Å². The van der Waals surface area contributed by atoms with Crippen molar-refractivity contribution in [2.24, 2.45) is 0 Å². The van der Waals surface area contributed by atoms with Gasteiger partial charge in [0.15, 0.2) is 0 Å². The molecule has 114 valence electrons. The van der Waals surface area contributed by atoms with Crippen LogP contribution < -0.4 is 0 Å². The quantitative estimate of drug-likeness (QED) is 0.641. The summed E-state index contributed by atoms with van der Waals surface area (Å²) < 4.78 is 5.37. The van der Waals surface area contributed by atoms with E-state index in [1.807, 2.05) is 12.1 Å². The summed E-state index contributed by atoms with van der Waals surface area (Å²) in [4.78, 5) is 24.5. The molecule has 2 aromatic rings. The van der Waals surface area contributed by atoms with Gasteiger partial charge in [0, 0.05) is 31.1 Å². The number of benzene rings is 1. The number of carbonyl (C=O) groups is 1. The third-order valence-corrected chi connectivity index (χ3v) is 4.14. The smallest absolute Gasteiger partial charge is 0.270 e. The largest absolute Gasteiger partial charge is 0.469 e. The molecule has 0 spiro atoms. The standard InChI is InChI=1S/C15H13ClN2O4/c16-13-4-3-11(18(20)21)8-12(13)15(19)17-6-5-10(9-17)14-2-1-7-22-14/h1-4,7-8,10H,5-6,9H2. The summed E-state index contributed by atoms with van der Waals surface area (Å²) in [6.07, 6.45) is 2.41. The fourth-order valence-electron chi connectivity index (χ4n) is 2.66. The van der Waals surface area contributed by atoms with E-state index in [9.17, 15) is 14.9 Å². The average molecular weight is 321 g/mol. The molecule has 0 saturated carbocycles. The van der Waals surface area contributed by atoms with Crippen LogP contribution in [0.25, 0.3) is 0 Å². The van der Waals surface area contributed by atoms with Crippen molar-refractivity contribution >= 4 is 23.2 Å². The Morgan fingerprint density at radius 3 is 2.91 bits per heavy atom. The summed E-state index contributed by atoms with van der Waals surface area (Å²) in [6, 6.07) is 7.60. The van der Waals surface area contributed by atoms with Gasteiger partial charge in [-0.15, -0.1) is 0 Å². The molecular weight excluding hydrogens is 308 g/mol. The zero-order chi connectivity index (χ0) is 15.7. The first kappa shape index (κ1) is 14.6. The molecule has 1 aliphatic rings. The summed E-state index contributed by atoms with van der Waals surface area (Å²) >= 11 is 6.02. The lowest BCUT2D eigenvalue weighted by molar-refractivity contribution is -0.384. The number of nitro groups is 1. The van der Waals surface area contributed by atoms with Crippen LogP contribution in [0.5, 0.6) is 0 Å². The molecule has 1 aromatic heterocycles. The number of non-ortho nitro benzene ring substituents is 1. The maximum absolute atomic E-state index is 12.5. The molecule has 1 aliphatic heterocycles. The molecule has 1 fully saturated rings. The van der Waals surface area contributed by atoms with Crippen molar-refractivity contribution < 1.29 is 14.1 Å². The molecule has 22 heavy (non-hydrogen) atoms. The summed E-state index contributed by atoms with van der Waals surface area (Å²) in [5.74, 6) is 0.708. The fourth-order valence-corrected chi connectivity index (χ4v) is 2.86. The van der Waals surface area contributed by atoms with Crippen molar-refractivity contribution in [1.29, 1.82) is 0 Å². The van der Waals surface area contributed by atoms with Crippen LogP contribution in [0.4, 0.5) is 5.69 Å². The predicted molar refractivity (Wildman–Crippen MR) is 80.1 cm³/mol. The van der Waals surface area contributed by atoms with Gasteiger partial charge in [-0.25, -0.2) is 0 Å². The molecular formula is C15H13ClN2O4. The Balaban J connectivity index is 1.80. The summed E-state index contributed by atoms with van der Waals surface area (Å²) in [5.41, 5.74) is 0.0190. The minimum atomic E-state index is -0.539. The highest BCUT2D eigenvalue weighted by atomic mass is 35.5. The normalized spacial score (nSPS) is 17.7. The molecule has 1 aromatic carbocycles. The van der Waals surface area contributed by atoms with Gasteiger partial charge in [0.05, 0.1) is 21.8 Å². The van der Waals surface area contributed by atoms with Crippen LogP contribution in [0.1, 0.15) is 28.5 Å². The number of nitrogens with zero attached hydrogens (tertiary/aromatic N) is 2. The molecule has 0 N–H and O–H groups in total. The second-order valence-electron chi connectivity index (χ2n) is 5.17. The van der Waals surface area contributed by atoms with E-state index in [-0.39, 0.29) is 28.1 Å². The summed E-state index contributed by atoms with van der Waals surface area (Å²) in [6.45, 7) is 1.09. The van der Waals surface area contributed by atoms with Gasteiger partial charge in [-0.3, -0.25) is 14.9 Å². The van der Waals surface area contributed by atoms with Crippen molar-refractivity contribution in [3.63, 3.8) is 0 Å². The molecule has 0 bridgehead atoms. The molecule has 1 atom stereocenters. The summed E-state index contributed by atoms with van der Waals surface area (Å²) in [5, 5.41) is 11.1. The number of carbonyl (C=O) groups excluding carboxylic acids is 1. The van der Waals surface area contributed by atoms with Crippen LogP contribution in [0.2, 0.25) is 5.02 Å². The molecule has 0 radical (unpaired) electrons. The highest BCUT2D eigenvalue weighted by Gasteiger charge is 2.30. The van der Waals surface area contributed by atoms with E-state index in [0.717, 1.165) is 12.2 Å². The first-order valence-corrected chi connectivity index (χ1v) is 7.20. The van der Waals surface area contributed by atoms with Gasteiger partial charge < -0.3 is 9.32 Å². The molecule has 1 unspecified atom stereocenters. The number of amides is 1. The topological polar surface area (TPSA) is 76.6 Å². The lowest BCUT2D eigenvalue weighted by Crippen LogP contribution is -2.28. The van der Waals surface area contributed by atoms with Crippen LogP contribution in [-0.4, -0.2) is 28.8 Å². The van der Waals surface area contributed by atoms with E-state index in [1.54, 1.807) is 11.2 Å². The van der Waals surface area contributed by atoms with Crippen molar-refractivity contribution in [2.45, 2.75) is 12.3 Å². The minimum Gasteiger partial charge on any atom is -0.469 e. The van der Waals surface area contributed by atoms with Crippen LogP contribution in [-0.2, 0) is 0 Å². The van der Waals surface area contributed by atoms with E-state index in [1.165, 1.54) is 18.2 Å². The number of hydrogen-bond donors (Lipinski definition) is 0. The highest BCUT2D eigenvalue weighted by Crippen LogP contribution is 2.30. The Morgan fingerprint density at radius 1 is 1.41 bits per heavy atom. The number of likely N-dealkylation sites (tertiary alicyclic amines) is 1. The zero-order valence-electron chi connectivity index (χ0n) is 11.6. The van der Waals surface area contributed by atoms with Crippen LogP contribution in [0.3, 0.4) is 0 Å². The SMILES string of the molecule is O=C(c1cc([N+](=O)[O-])ccc1Cl)N1CCC(c2ccco2)C1. The molecule has 7 heteroatoms. The monoisotopic (exact) mass is 320 g/mol. The molecule has 2 heterocycles. The Hall–Kier alpha value is -2.34. The van der Waals surface area contributed by atoms with Crippen molar-refractivity contribution in [1.82, 2.24) is 4.90 Å². The Kier molecular flexibility index (Phi) is 3.85. The molecule has 1 amide bonds. The van der Waals surface area contributed by atoms with E-state index in [2.05, 4.69) is 0 Å². The number of nitro benzene ring substituents is 1. The Bertz CT molecular complexity index is 714. The number of rotatable bonds is 3. The summed E-state index contributed by atoms with van der Waals surface area (Å²) in [7, 11) is 0. The van der Waals surface area contributed by atoms with Gasteiger partial charge in [-0.05, 0) is 24.6 Å². The highest BCUT2D eigenvalue weighted by molar-refractivity contribution is 6.33.